The zero-order chi connectivity index (χ0) is 20.8. The van der Waals surface area contributed by atoms with E-state index in [9.17, 15) is 9.59 Å². The van der Waals surface area contributed by atoms with E-state index in [1.807, 2.05) is 25.1 Å². The van der Waals surface area contributed by atoms with Crippen LogP contribution < -0.4 is 5.32 Å². The van der Waals surface area contributed by atoms with Crippen LogP contribution >= 0.6 is 23.2 Å². The lowest BCUT2D eigenvalue weighted by atomic mass is 10.3. The number of aromatic nitrogens is 1. The highest BCUT2D eigenvalue weighted by Crippen LogP contribution is 2.25. The maximum absolute atomic E-state index is 12.6. The molecule has 3 rings (SSSR count). The first-order valence-electron chi connectivity index (χ1n) is 9.03. The molecule has 6 nitrogen and oxygen atoms in total. The highest BCUT2D eigenvalue weighted by Gasteiger charge is 2.16. The third-order valence-electron chi connectivity index (χ3n) is 4.02. The molecule has 8 heteroatoms. The van der Waals surface area contributed by atoms with E-state index in [2.05, 4.69) is 10.3 Å². The monoisotopic (exact) mass is 431 g/mol. The summed E-state index contributed by atoms with van der Waals surface area (Å²) in [6, 6.07) is 12.1. The number of hydrogen-bond donors (Lipinski definition) is 1. The van der Waals surface area contributed by atoms with Gasteiger partial charge < -0.3 is 14.6 Å². The number of para-hydroxylation sites is 2. The van der Waals surface area contributed by atoms with Gasteiger partial charge in [0, 0.05) is 23.7 Å². The molecule has 2 aromatic carbocycles. The Labute approximate surface area is 178 Å². The number of halogens is 2. The van der Waals surface area contributed by atoms with Crippen molar-refractivity contribution in [3.05, 3.63) is 64.5 Å². The highest BCUT2D eigenvalue weighted by molar-refractivity contribution is 6.36. The lowest BCUT2D eigenvalue weighted by Gasteiger charge is -2.20. The van der Waals surface area contributed by atoms with Crippen molar-refractivity contribution in [1.82, 2.24) is 9.88 Å². The van der Waals surface area contributed by atoms with E-state index in [1.165, 1.54) is 23.1 Å². The zero-order valence-corrected chi connectivity index (χ0v) is 17.2. The predicted molar refractivity (Wildman–Crippen MR) is 115 cm³/mol. The third-order valence-corrected chi connectivity index (χ3v) is 4.57. The maximum atomic E-state index is 12.6. The standard InChI is InChI=1S/C21H19Cl2N3O3/c1-2-11-26(13-19(27)24-16-8-7-14(22)12-15(16)23)21(28)10-9-20-25-17-5-3-4-6-18(17)29-20/h3-10,12H,2,11,13H2,1H3,(H,24,27)/b10-9+. The van der Waals surface area contributed by atoms with Gasteiger partial charge in [-0.15, -0.1) is 0 Å². The minimum Gasteiger partial charge on any atom is -0.437 e. The van der Waals surface area contributed by atoms with Gasteiger partial charge in [-0.3, -0.25) is 9.59 Å². The summed E-state index contributed by atoms with van der Waals surface area (Å²) in [6.45, 7) is 2.25. The van der Waals surface area contributed by atoms with Crippen molar-refractivity contribution in [2.45, 2.75) is 13.3 Å². The van der Waals surface area contributed by atoms with Gasteiger partial charge in [0.05, 0.1) is 10.7 Å². The Kier molecular flexibility index (Phi) is 6.90. The van der Waals surface area contributed by atoms with E-state index in [0.29, 0.717) is 45.7 Å². The first-order valence-corrected chi connectivity index (χ1v) is 9.79. The largest absolute Gasteiger partial charge is 0.437 e. The molecule has 150 valence electrons. The Balaban J connectivity index is 1.65. The second-order valence-electron chi connectivity index (χ2n) is 6.29. The van der Waals surface area contributed by atoms with Crippen molar-refractivity contribution < 1.29 is 14.0 Å². The summed E-state index contributed by atoms with van der Waals surface area (Å²) >= 11 is 11.9. The van der Waals surface area contributed by atoms with Crippen molar-refractivity contribution in [3.63, 3.8) is 0 Å². The molecule has 0 bridgehead atoms. The molecule has 0 fully saturated rings. The molecule has 3 aromatic rings. The van der Waals surface area contributed by atoms with Crippen LogP contribution in [0.15, 0.2) is 53.0 Å². The Hall–Kier alpha value is -2.83. The Morgan fingerprint density at radius 1 is 1.21 bits per heavy atom. The molecule has 0 spiro atoms. The second kappa shape index (κ2) is 9.58. The van der Waals surface area contributed by atoms with Crippen molar-refractivity contribution >= 4 is 57.9 Å². The number of oxazole rings is 1. The van der Waals surface area contributed by atoms with Gasteiger partial charge in [0.25, 0.3) is 0 Å². The number of rotatable bonds is 7. The number of fused-ring (bicyclic) bond motifs is 1. The van der Waals surface area contributed by atoms with Crippen LogP contribution in [0.2, 0.25) is 10.0 Å². The Bertz CT molecular complexity index is 1030. The summed E-state index contributed by atoms with van der Waals surface area (Å²) < 4.78 is 5.57. The number of carbonyl (C=O) groups is 2. The SMILES string of the molecule is CCCN(CC(=O)Nc1ccc(Cl)cc1Cl)C(=O)/C=C/c1nc2ccccc2o1. The van der Waals surface area contributed by atoms with E-state index < -0.39 is 0 Å². The molecule has 0 saturated heterocycles. The van der Waals surface area contributed by atoms with Gasteiger partial charge in [-0.05, 0) is 36.8 Å². The molecule has 0 saturated carbocycles. The maximum Gasteiger partial charge on any atom is 0.247 e. The number of benzene rings is 2. The normalized spacial score (nSPS) is 11.1. The van der Waals surface area contributed by atoms with Crippen LogP contribution in [-0.4, -0.2) is 34.8 Å². The van der Waals surface area contributed by atoms with Crippen molar-refractivity contribution in [1.29, 1.82) is 0 Å². The smallest absolute Gasteiger partial charge is 0.247 e. The highest BCUT2D eigenvalue weighted by atomic mass is 35.5. The quantitative estimate of drug-likeness (QED) is 0.532. The number of anilines is 1. The van der Waals surface area contributed by atoms with Gasteiger partial charge in [-0.2, -0.15) is 0 Å². The summed E-state index contributed by atoms with van der Waals surface area (Å²) in [5, 5.41) is 3.50. The number of nitrogens with one attached hydrogen (secondary N) is 1. The van der Waals surface area contributed by atoms with Crippen LogP contribution in [0.3, 0.4) is 0 Å². The summed E-state index contributed by atoms with van der Waals surface area (Å²) in [7, 11) is 0. The molecular formula is C21H19Cl2N3O3. The lowest BCUT2D eigenvalue weighted by molar-refractivity contribution is -0.130. The molecule has 0 aliphatic carbocycles. The molecule has 1 aromatic heterocycles. The Morgan fingerprint density at radius 2 is 2.00 bits per heavy atom. The van der Waals surface area contributed by atoms with Gasteiger partial charge >= 0.3 is 0 Å². The fraction of sp³-hybridized carbons (Fsp3) is 0.190. The molecule has 0 radical (unpaired) electrons. The number of hydrogen-bond acceptors (Lipinski definition) is 4. The fourth-order valence-corrected chi connectivity index (χ4v) is 3.16. The van der Waals surface area contributed by atoms with Gasteiger partial charge in [-0.25, -0.2) is 4.98 Å². The molecule has 29 heavy (non-hydrogen) atoms. The van der Waals surface area contributed by atoms with Crippen molar-refractivity contribution in [3.8, 4) is 0 Å². The van der Waals surface area contributed by atoms with E-state index in [4.69, 9.17) is 27.6 Å². The summed E-state index contributed by atoms with van der Waals surface area (Å²) in [4.78, 5) is 30.7. The van der Waals surface area contributed by atoms with Crippen LogP contribution in [0.25, 0.3) is 17.2 Å². The van der Waals surface area contributed by atoms with Gasteiger partial charge in [-0.1, -0.05) is 42.3 Å². The minimum atomic E-state index is -0.355. The van der Waals surface area contributed by atoms with E-state index in [1.54, 1.807) is 18.2 Å². The van der Waals surface area contributed by atoms with Crippen LogP contribution in [0.1, 0.15) is 19.2 Å². The minimum absolute atomic E-state index is 0.108. The number of carbonyl (C=O) groups excluding carboxylic acids is 2. The molecule has 0 atom stereocenters. The van der Waals surface area contributed by atoms with Gasteiger partial charge in [0.1, 0.15) is 12.1 Å². The first kappa shape index (κ1) is 20.9. The molecule has 0 unspecified atom stereocenters. The lowest BCUT2D eigenvalue weighted by Crippen LogP contribution is -2.37. The molecule has 2 amide bonds. The van der Waals surface area contributed by atoms with Crippen LogP contribution in [0.5, 0.6) is 0 Å². The topological polar surface area (TPSA) is 75.4 Å². The summed E-state index contributed by atoms with van der Waals surface area (Å²) in [6.07, 6.45) is 3.55. The first-order chi connectivity index (χ1) is 14.0. The van der Waals surface area contributed by atoms with Gasteiger partial charge in [0.15, 0.2) is 5.58 Å². The van der Waals surface area contributed by atoms with Crippen molar-refractivity contribution in [2.24, 2.45) is 0 Å². The molecule has 1 N–H and O–H groups in total. The second-order valence-corrected chi connectivity index (χ2v) is 7.13. The molecule has 0 aliphatic heterocycles. The molecule has 1 heterocycles. The van der Waals surface area contributed by atoms with E-state index >= 15 is 0 Å². The van der Waals surface area contributed by atoms with Crippen LogP contribution in [-0.2, 0) is 9.59 Å². The average Bonchev–Trinajstić information content (AvgIpc) is 3.11. The molecule has 0 aliphatic rings. The average molecular weight is 432 g/mol. The summed E-state index contributed by atoms with van der Waals surface area (Å²) in [5.74, 6) is -0.342. The molecular weight excluding hydrogens is 413 g/mol. The Morgan fingerprint density at radius 3 is 2.72 bits per heavy atom. The van der Waals surface area contributed by atoms with E-state index in [-0.39, 0.29) is 18.4 Å². The fourth-order valence-electron chi connectivity index (χ4n) is 2.70. The number of nitrogens with zero attached hydrogens (tertiary/aromatic N) is 2. The third kappa shape index (κ3) is 5.59. The summed E-state index contributed by atoms with van der Waals surface area (Å²) in [5.41, 5.74) is 1.79. The predicted octanol–water partition coefficient (Wildman–Crippen LogP) is 5.03. The van der Waals surface area contributed by atoms with Crippen LogP contribution in [0.4, 0.5) is 5.69 Å². The number of amides is 2. The van der Waals surface area contributed by atoms with E-state index in [0.717, 1.165) is 0 Å². The van der Waals surface area contributed by atoms with Crippen molar-refractivity contribution in [2.75, 3.05) is 18.4 Å². The van der Waals surface area contributed by atoms with Gasteiger partial charge in [0.2, 0.25) is 17.7 Å². The zero-order valence-electron chi connectivity index (χ0n) is 15.7. The van der Waals surface area contributed by atoms with Crippen LogP contribution in [0, 0.1) is 0 Å².